The molecule has 0 spiro atoms. The summed E-state index contributed by atoms with van der Waals surface area (Å²) in [5, 5.41) is 3.38. The van der Waals surface area contributed by atoms with Gasteiger partial charge in [-0.25, -0.2) is 0 Å². The lowest BCUT2D eigenvalue weighted by molar-refractivity contribution is -0.134. The van der Waals surface area contributed by atoms with Crippen LogP contribution in [0.4, 0.5) is 5.69 Å². The van der Waals surface area contributed by atoms with Crippen LogP contribution >= 0.6 is 36.4 Å². The van der Waals surface area contributed by atoms with E-state index in [1.165, 1.54) is 0 Å². The van der Waals surface area contributed by atoms with Gasteiger partial charge < -0.3 is 20.9 Å². The van der Waals surface area contributed by atoms with Crippen molar-refractivity contribution in [3.63, 3.8) is 0 Å². The van der Waals surface area contributed by atoms with Gasteiger partial charge in [0.05, 0.1) is 6.54 Å². The molecule has 2 amide bonds. The Morgan fingerprint density at radius 3 is 2.15 bits per heavy atom. The van der Waals surface area contributed by atoms with Crippen molar-refractivity contribution in [2.45, 2.75) is 19.9 Å². The molecule has 0 bridgehead atoms. The van der Waals surface area contributed by atoms with E-state index in [0.29, 0.717) is 18.1 Å². The maximum absolute atomic E-state index is 12.2. The Bertz CT molecular complexity index is 576. The molecular formula is C17H27Cl3N4O2. The summed E-state index contributed by atoms with van der Waals surface area (Å²) in [6, 6.07) is 7.46. The molecular weight excluding hydrogens is 399 g/mol. The van der Waals surface area contributed by atoms with Gasteiger partial charge in [0.25, 0.3) is 0 Å². The molecule has 1 saturated heterocycles. The first-order chi connectivity index (χ1) is 11.4. The zero-order chi connectivity index (χ0) is 17.7. The van der Waals surface area contributed by atoms with Crippen molar-refractivity contribution in [2.75, 3.05) is 37.6 Å². The van der Waals surface area contributed by atoms with Crippen LogP contribution in [0.25, 0.3) is 0 Å². The van der Waals surface area contributed by atoms with Crippen LogP contribution < -0.4 is 16.0 Å². The van der Waals surface area contributed by atoms with Crippen molar-refractivity contribution in [1.82, 2.24) is 10.2 Å². The van der Waals surface area contributed by atoms with Gasteiger partial charge in [0.15, 0.2) is 0 Å². The molecule has 3 N–H and O–H groups in total. The van der Waals surface area contributed by atoms with Gasteiger partial charge in [0.2, 0.25) is 11.8 Å². The highest BCUT2D eigenvalue weighted by atomic mass is 35.5. The normalized spacial score (nSPS) is 16.0. The second-order valence-electron chi connectivity index (χ2n) is 6.21. The van der Waals surface area contributed by atoms with Crippen molar-refractivity contribution in [2.24, 2.45) is 11.7 Å². The lowest BCUT2D eigenvalue weighted by Crippen LogP contribution is -2.52. The summed E-state index contributed by atoms with van der Waals surface area (Å²) < 4.78 is 0. The van der Waals surface area contributed by atoms with Gasteiger partial charge in [-0.05, 0) is 31.2 Å². The smallest absolute Gasteiger partial charge is 0.242 e. The highest BCUT2D eigenvalue weighted by Gasteiger charge is 2.23. The fourth-order valence-electron chi connectivity index (χ4n) is 2.54. The minimum atomic E-state index is -0.306. The Morgan fingerprint density at radius 1 is 1.12 bits per heavy atom. The number of halogens is 3. The average molecular weight is 426 g/mol. The third kappa shape index (κ3) is 6.83. The topological polar surface area (TPSA) is 78.7 Å². The number of piperazine rings is 1. The minimum absolute atomic E-state index is 0. The van der Waals surface area contributed by atoms with Crippen LogP contribution in [0.1, 0.15) is 13.8 Å². The third-order valence-corrected chi connectivity index (χ3v) is 4.69. The maximum atomic E-state index is 12.2. The second kappa shape index (κ2) is 11.5. The molecule has 6 nitrogen and oxygen atoms in total. The van der Waals surface area contributed by atoms with E-state index in [1.54, 1.807) is 18.7 Å². The number of rotatable bonds is 5. The summed E-state index contributed by atoms with van der Waals surface area (Å²) in [5.74, 6) is -0.548. The number of hydrogen-bond acceptors (Lipinski definition) is 4. The van der Waals surface area contributed by atoms with Crippen LogP contribution in [0.2, 0.25) is 5.02 Å². The van der Waals surface area contributed by atoms with Crippen molar-refractivity contribution in [3.8, 4) is 0 Å². The van der Waals surface area contributed by atoms with Gasteiger partial charge >= 0.3 is 0 Å². The number of hydrogen-bond donors (Lipinski definition) is 2. The Labute approximate surface area is 172 Å². The molecule has 0 radical (unpaired) electrons. The molecule has 9 heteroatoms. The summed E-state index contributed by atoms with van der Waals surface area (Å²) in [5.41, 5.74) is 6.80. The second-order valence-corrected chi connectivity index (χ2v) is 6.65. The third-order valence-electron chi connectivity index (χ3n) is 4.44. The number of nitrogens with zero attached hydrogens (tertiary/aromatic N) is 2. The molecule has 1 aliphatic heterocycles. The molecule has 2 rings (SSSR count). The Morgan fingerprint density at radius 2 is 1.65 bits per heavy atom. The predicted octanol–water partition coefficient (Wildman–Crippen LogP) is 1.93. The van der Waals surface area contributed by atoms with Crippen molar-refractivity contribution < 1.29 is 9.59 Å². The summed E-state index contributed by atoms with van der Waals surface area (Å²) in [4.78, 5) is 28.1. The Balaban J connectivity index is 0.00000312. The van der Waals surface area contributed by atoms with Crippen LogP contribution in [0.5, 0.6) is 0 Å². The summed E-state index contributed by atoms with van der Waals surface area (Å²) in [7, 11) is 0. The van der Waals surface area contributed by atoms with Crippen LogP contribution in [0.3, 0.4) is 0 Å². The molecule has 1 aromatic rings. The first-order valence-corrected chi connectivity index (χ1v) is 8.58. The number of amides is 2. The van der Waals surface area contributed by atoms with Gasteiger partial charge in [-0.1, -0.05) is 18.5 Å². The van der Waals surface area contributed by atoms with Crippen LogP contribution in [0, 0.1) is 5.92 Å². The number of anilines is 1. The fourth-order valence-corrected chi connectivity index (χ4v) is 2.67. The fraction of sp³-hybridized carbons (Fsp3) is 0.529. The van der Waals surface area contributed by atoms with Crippen molar-refractivity contribution in [3.05, 3.63) is 29.3 Å². The van der Waals surface area contributed by atoms with Crippen LogP contribution in [-0.4, -0.2) is 55.5 Å². The average Bonchev–Trinajstić information content (AvgIpc) is 2.59. The largest absolute Gasteiger partial charge is 0.368 e. The highest BCUT2D eigenvalue weighted by molar-refractivity contribution is 6.30. The van der Waals surface area contributed by atoms with E-state index in [9.17, 15) is 9.59 Å². The molecule has 2 atom stereocenters. The standard InChI is InChI=1S/C17H25ClN4O2.2ClH/c1-12(13(2)19)17(24)20-11-16(23)22-9-7-21(8-10-22)15-5-3-14(18)4-6-15;;/h3-6,12-13H,7-11,19H2,1-2H3,(H,20,24);2*1H. The zero-order valence-corrected chi connectivity index (χ0v) is 17.4. The predicted molar refractivity (Wildman–Crippen MR) is 111 cm³/mol. The maximum Gasteiger partial charge on any atom is 0.242 e. The Kier molecular flexibility index (Phi) is 11.0. The SMILES string of the molecule is CC(N)C(C)C(=O)NCC(=O)N1CCN(c2ccc(Cl)cc2)CC1.Cl.Cl. The van der Waals surface area contributed by atoms with Crippen LogP contribution in [0.15, 0.2) is 24.3 Å². The highest BCUT2D eigenvalue weighted by Crippen LogP contribution is 2.19. The lowest BCUT2D eigenvalue weighted by atomic mass is 10.0. The van der Waals surface area contributed by atoms with E-state index in [4.69, 9.17) is 17.3 Å². The van der Waals surface area contributed by atoms with Gasteiger partial charge in [0, 0.05) is 48.8 Å². The number of nitrogens with two attached hydrogens (primary N) is 1. The molecule has 1 fully saturated rings. The summed E-state index contributed by atoms with van der Waals surface area (Å²) in [6.45, 7) is 6.36. The van der Waals surface area contributed by atoms with Gasteiger partial charge in [0.1, 0.15) is 0 Å². The Hall–Kier alpha value is -1.21. The minimum Gasteiger partial charge on any atom is -0.368 e. The van der Waals surface area contributed by atoms with Gasteiger partial charge in [-0.2, -0.15) is 0 Å². The van der Waals surface area contributed by atoms with E-state index < -0.39 is 0 Å². The quantitative estimate of drug-likeness (QED) is 0.755. The van der Waals surface area contributed by atoms with E-state index in [2.05, 4.69) is 10.2 Å². The monoisotopic (exact) mass is 424 g/mol. The lowest BCUT2D eigenvalue weighted by Gasteiger charge is -2.36. The number of carbonyl (C=O) groups excluding carboxylic acids is 2. The van der Waals surface area contributed by atoms with Crippen molar-refractivity contribution in [1.29, 1.82) is 0 Å². The van der Waals surface area contributed by atoms with Gasteiger partial charge in [-0.15, -0.1) is 24.8 Å². The molecule has 148 valence electrons. The van der Waals surface area contributed by atoms with E-state index in [0.717, 1.165) is 18.8 Å². The number of benzene rings is 1. The molecule has 1 heterocycles. The molecule has 2 unspecified atom stereocenters. The number of nitrogens with one attached hydrogen (secondary N) is 1. The van der Waals surface area contributed by atoms with E-state index in [-0.39, 0.29) is 55.1 Å². The molecule has 1 aromatic carbocycles. The first kappa shape index (κ1) is 24.8. The van der Waals surface area contributed by atoms with Crippen LogP contribution in [-0.2, 0) is 9.59 Å². The molecule has 1 aliphatic rings. The zero-order valence-electron chi connectivity index (χ0n) is 15.0. The molecule has 0 aliphatic carbocycles. The first-order valence-electron chi connectivity index (χ1n) is 8.20. The van der Waals surface area contributed by atoms with Crippen molar-refractivity contribution >= 4 is 53.9 Å². The molecule has 0 aromatic heterocycles. The number of carbonyl (C=O) groups is 2. The summed E-state index contributed by atoms with van der Waals surface area (Å²) >= 11 is 5.90. The van der Waals surface area contributed by atoms with E-state index in [1.807, 2.05) is 24.3 Å². The van der Waals surface area contributed by atoms with E-state index >= 15 is 0 Å². The van der Waals surface area contributed by atoms with Gasteiger partial charge in [-0.3, -0.25) is 9.59 Å². The summed E-state index contributed by atoms with van der Waals surface area (Å²) in [6.07, 6.45) is 0. The molecule has 26 heavy (non-hydrogen) atoms. The molecule has 0 saturated carbocycles.